The van der Waals surface area contributed by atoms with Crippen molar-refractivity contribution in [1.29, 1.82) is 0 Å². The van der Waals surface area contributed by atoms with E-state index < -0.39 is 0 Å². The Morgan fingerprint density at radius 1 is 1.28 bits per heavy atom. The van der Waals surface area contributed by atoms with Crippen LogP contribution in [0.3, 0.4) is 0 Å². The van der Waals surface area contributed by atoms with Crippen LogP contribution in [0.2, 0.25) is 0 Å². The Balaban J connectivity index is 1.25. The number of hydrogen-bond acceptors (Lipinski definition) is 5. The molecule has 0 amide bonds. The molecule has 4 nitrogen and oxygen atoms in total. The predicted octanol–water partition coefficient (Wildman–Crippen LogP) is 4.16. The van der Waals surface area contributed by atoms with Gasteiger partial charge in [0.2, 0.25) is 0 Å². The highest BCUT2D eigenvalue weighted by Gasteiger charge is 2.22. The first-order valence-electron chi connectivity index (χ1n) is 8.47. The van der Waals surface area contributed by atoms with Crippen LogP contribution in [0.4, 0.5) is 10.1 Å². The third kappa shape index (κ3) is 3.91. The van der Waals surface area contributed by atoms with Crippen LogP contribution in [0.5, 0.6) is 0 Å². The minimum Gasteiger partial charge on any atom is -0.462 e. The van der Waals surface area contributed by atoms with Crippen molar-refractivity contribution in [2.75, 3.05) is 24.5 Å². The van der Waals surface area contributed by atoms with E-state index in [2.05, 4.69) is 20.6 Å². The van der Waals surface area contributed by atoms with Gasteiger partial charge in [0.25, 0.3) is 0 Å². The molecule has 1 aliphatic rings. The number of rotatable bonds is 6. The van der Waals surface area contributed by atoms with Gasteiger partial charge in [-0.15, -0.1) is 11.3 Å². The van der Waals surface area contributed by atoms with Crippen molar-refractivity contribution in [2.24, 2.45) is 5.92 Å². The van der Waals surface area contributed by atoms with Crippen molar-refractivity contribution >= 4 is 17.0 Å². The first-order chi connectivity index (χ1) is 12.3. The van der Waals surface area contributed by atoms with Gasteiger partial charge in [-0.25, -0.2) is 9.37 Å². The van der Waals surface area contributed by atoms with Crippen molar-refractivity contribution in [2.45, 2.75) is 13.0 Å². The Hall–Kier alpha value is -2.18. The molecule has 0 bridgehead atoms. The number of thiazole rings is 1. The van der Waals surface area contributed by atoms with E-state index in [-0.39, 0.29) is 5.82 Å². The molecule has 0 saturated carbocycles. The Morgan fingerprint density at radius 3 is 2.96 bits per heavy atom. The normalized spacial score (nSPS) is 17.3. The average molecular weight is 357 g/mol. The van der Waals surface area contributed by atoms with Crippen molar-refractivity contribution in [1.82, 2.24) is 10.3 Å². The maximum atomic E-state index is 13.0. The molecule has 4 rings (SSSR count). The first-order valence-corrected chi connectivity index (χ1v) is 9.35. The van der Waals surface area contributed by atoms with Gasteiger partial charge in [0.15, 0.2) is 10.8 Å². The van der Waals surface area contributed by atoms with Crippen LogP contribution < -0.4 is 10.2 Å². The Morgan fingerprint density at radius 2 is 2.16 bits per heavy atom. The quantitative estimate of drug-likeness (QED) is 0.719. The fourth-order valence-electron chi connectivity index (χ4n) is 3.19. The number of nitrogens with one attached hydrogen (secondary N) is 1. The SMILES string of the molecule is Fc1ccc(N2CCC(CNCc3csc(-c4ccco4)n3)C2)cc1. The second kappa shape index (κ2) is 7.37. The van der Waals surface area contributed by atoms with E-state index >= 15 is 0 Å². The lowest BCUT2D eigenvalue weighted by molar-refractivity contribution is 0.514. The number of aromatic nitrogens is 1. The minimum atomic E-state index is -0.182. The smallest absolute Gasteiger partial charge is 0.162 e. The summed E-state index contributed by atoms with van der Waals surface area (Å²) in [5.41, 5.74) is 2.15. The van der Waals surface area contributed by atoms with Crippen LogP contribution in [0.15, 0.2) is 52.5 Å². The number of nitrogens with zero attached hydrogens (tertiary/aromatic N) is 2. The van der Waals surface area contributed by atoms with Crippen LogP contribution in [0.1, 0.15) is 12.1 Å². The molecule has 1 fully saturated rings. The lowest BCUT2D eigenvalue weighted by atomic mass is 10.1. The van der Waals surface area contributed by atoms with Gasteiger partial charge in [-0.3, -0.25) is 0 Å². The highest BCUT2D eigenvalue weighted by atomic mass is 32.1. The van der Waals surface area contributed by atoms with E-state index in [0.717, 1.165) is 54.7 Å². The third-order valence-electron chi connectivity index (χ3n) is 4.50. The molecule has 25 heavy (non-hydrogen) atoms. The molecule has 3 aromatic rings. The van der Waals surface area contributed by atoms with E-state index in [1.165, 1.54) is 12.1 Å². The fraction of sp³-hybridized carbons (Fsp3) is 0.316. The maximum Gasteiger partial charge on any atom is 0.162 e. The lowest BCUT2D eigenvalue weighted by Gasteiger charge is -2.18. The first kappa shape index (κ1) is 16.3. The molecule has 1 saturated heterocycles. The van der Waals surface area contributed by atoms with Gasteiger partial charge in [0, 0.05) is 37.2 Å². The number of anilines is 1. The molecule has 0 radical (unpaired) electrons. The molecule has 1 unspecified atom stereocenters. The van der Waals surface area contributed by atoms with Crippen LogP contribution in [-0.2, 0) is 6.54 Å². The summed E-state index contributed by atoms with van der Waals surface area (Å²) in [6.07, 6.45) is 2.82. The molecule has 0 spiro atoms. The Bertz CT molecular complexity index is 800. The zero-order valence-corrected chi connectivity index (χ0v) is 14.6. The molecular formula is C19H20FN3OS. The van der Waals surface area contributed by atoms with Crippen molar-refractivity contribution in [3.8, 4) is 10.8 Å². The van der Waals surface area contributed by atoms with Gasteiger partial charge in [0.05, 0.1) is 12.0 Å². The second-order valence-corrected chi connectivity index (χ2v) is 7.19. The summed E-state index contributed by atoms with van der Waals surface area (Å²) in [5, 5.41) is 6.51. The maximum absolute atomic E-state index is 13.0. The highest BCUT2D eigenvalue weighted by molar-refractivity contribution is 7.13. The summed E-state index contributed by atoms with van der Waals surface area (Å²) in [6, 6.07) is 10.6. The number of benzene rings is 1. The molecule has 1 aliphatic heterocycles. The third-order valence-corrected chi connectivity index (χ3v) is 5.41. The largest absolute Gasteiger partial charge is 0.462 e. The number of furan rings is 1. The summed E-state index contributed by atoms with van der Waals surface area (Å²) in [6.45, 7) is 3.76. The van der Waals surface area contributed by atoms with Gasteiger partial charge in [-0.2, -0.15) is 0 Å². The molecule has 6 heteroatoms. The van der Waals surface area contributed by atoms with Crippen LogP contribution >= 0.6 is 11.3 Å². The van der Waals surface area contributed by atoms with Crippen LogP contribution in [-0.4, -0.2) is 24.6 Å². The zero-order valence-electron chi connectivity index (χ0n) is 13.8. The molecule has 1 N–H and O–H groups in total. The van der Waals surface area contributed by atoms with Crippen molar-refractivity contribution in [3.63, 3.8) is 0 Å². The summed E-state index contributed by atoms with van der Waals surface area (Å²) in [7, 11) is 0. The molecule has 3 heterocycles. The van der Waals surface area contributed by atoms with Crippen molar-refractivity contribution < 1.29 is 8.81 Å². The van der Waals surface area contributed by atoms with Gasteiger partial charge in [0.1, 0.15) is 5.82 Å². The van der Waals surface area contributed by atoms with Crippen molar-refractivity contribution in [3.05, 3.63) is 59.6 Å². The second-order valence-electron chi connectivity index (χ2n) is 6.33. The van der Waals surface area contributed by atoms with Crippen LogP contribution in [0.25, 0.3) is 10.8 Å². The van der Waals surface area contributed by atoms with E-state index in [4.69, 9.17) is 4.42 Å². The summed E-state index contributed by atoms with van der Waals surface area (Å²) in [4.78, 5) is 6.93. The Labute approximate surface area is 150 Å². The number of hydrogen-bond donors (Lipinski definition) is 1. The molecule has 1 atom stereocenters. The molecule has 1 aromatic carbocycles. The van der Waals surface area contributed by atoms with Gasteiger partial charge in [-0.05, 0) is 48.7 Å². The van der Waals surface area contributed by atoms with E-state index in [9.17, 15) is 4.39 Å². The fourth-order valence-corrected chi connectivity index (χ4v) is 3.98. The molecule has 0 aliphatic carbocycles. The molecule has 2 aromatic heterocycles. The predicted molar refractivity (Wildman–Crippen MR) is 98.2 cm³/mol. The standard InChI is InChI=1S/C19H20FN3OS/c20-15-3-5-17(6-4-15)23-8-7-14(12-23)10-21-11-16-13-25-19(22-16)18-2-1-9-24-18/h1-6,9,13-14,21H,7-8,10-12H2. The van der Waals surface area contributed by atoms with Crippen LogP contribution in [0, 0.1) is 11.7 Å². The molecular weight excluding hydrogens is 337 g/mol. The highest BCUT2D eigenvalue weighted by Crippen LogP contribution is 2.25. The zero-order chi connectivity index (χ0) is 17.1. The summed E-state index contributed by atoms with van der Waals surface area (Å²) in [5.74, 6) is 1.24. The van der Waals surface area contributed by atoms with E-state index in [1.54, 1.807) is 17.6 Å². The van der Waals surface area contributed by atoms with Gasteiger partial charge < -0.3 is 14.6 Å². The minimum absolute atomic E-state index is 0.182. The van der Waals surface area contributed by atoms with E-state index in [0.29, 0.717) is 5.92 Å². The molecule has 130 valence electrons. The number of halogens is 1. The Kier molecular flexibility index (Phi) is 4.81. The summed E-state index contributed by atoms with van der Waals surface area (Å²) < 4.78 is 18.4. The average Bonchev–Trinajstić information content (AvgIpc) is 3.37. The van der Waals surface area contributed by atoms with Gasteiger partial charge in [-0.1, -0.05) is 0 Å². The summed E-state index contributed by atoms with van der Waals surface area (Å²) >= 11 is 1.61. The monoisotopic (exact) mass is 357 g/mol. The topological polar surface area (TPSA) is 41.3 Å². The van der Waals surface area contributed by atoms with Gasteiger partial charge >= 0.3 is 0 Å². The van der Waals surface area contributed by atoms with E-state index in [1.807, 2.05) is 24.3 Å². The lowest BCUT2D eigenvalue weighted by Crippen LogP contribution is -2.26.